The van der Waals surface area contributed by atoms with E-state index in [1.54, 1.807) is 31.2 Å². The zero-order valence-electron chi connectivity index (χ0n) is 15.1. The Morgan fingerprint density at radius 3 is 2.33 bits per heavy atom. The molecule has 2 aromatic carbocycles. The third-order valence-corrected chi connectivity index (χ3v) is 5.23. The van der Waals surface area contributed by atoms with E-state index in [1.807, 2.05) is 0 Å². The molecule has 0 saturated heterocycles. The Hall–Kier alpha value is -2.91. The molecule has 0 aliphatic rings. The van der Waals surface area contributed by atoms with Gasteiger partial charge in [-0.25, -0.2) is 17.9 Å². The molecule has 27 heavy (non-hydrogen) atoms. The van der Waals surface area contributed by atoms with E-state index >= 15 is 0 Å². The second kappa shape index (κ2) is 8.65. The lowest BCUT2D eigenvalue weighted by atomic mass is 10.2. The number of sulfonamides is 1. The van der Waals surface area contributed by atoms with Crippen molar-refractivity contribution in [1.29, 1.82) is 0 Å². The van der Waals surface area contributed by atoms with Gasteiger partial charge in [-0.3, -0.25) is 4.79 Å². The molecule has 0 saturated carbocycles. The zero-order valence-corrected chi connectivity index (χ0v) is 15.9. The van der Waals surface area contributed by atoms with Crippen molar-refractivity contribution in [3.05, 3.63) is 53.6 Å². The van der Waals surface area contributed by atoms with Gasteiger partial charge in [-0.1, -0.05) is 6.07 Å². The Kier molecular flexibility index (Phi) is 6.54. The van der Waals surface area contributed by atoms with Crippen molar-refractivity contribution in [3.63, 3.8) is 0 Å². The first-order chi connectivity index (χ1) is 12.8. The summed E-state index contributed by atoms with van der Waals surface area (Å²) in [6, 6.07) is 10.7. The van der Waals surface area contributed by atoms with Gasteiger partial charge in [0.15, 0.2) is 6.61 Å². The van der Waals surface area contributed by atoms with Gasteiger partial charge in [0.2, 0.25) is 10.0 Å². The molecule has 2 aromatic rings. The normalized spacial score (nSPS) is 10.9. The van der Waals surface area contributed by atoms with Crippen LogP contribution in [0.25, 0.3) is 0 Å². The molecule has 9 heteroatoms. The van der Waals surface area contributed by atoms with Gasteiger partial charge in [-0.15, -0.1) is 0 Å². The first-order valence-corrected chi connectivity index (χ1v) is 9.40. The smallest absolute Gasteiger partial charge is 0.337 e. The first-order valence-electron chi connectivity index (χ1n) is 7.92. The molecule has 0 aliphatic heterocycles. The summed E-state index contributed by atoms with van der Waals surface area (Å²) in [5.74, 6) is -0.519. The van der Waals surface area contributed by atoms with Crippen molar-refractivity contribution in [2.45, 2.75) is 11.8 Å². The highest BCUT2D eigenvalue weighted by molar-refractivity contribution is 7.89. The number of hydrogen-bond donors (Lipinski definition) is 2. The molecule has 0 aromatic heterocycles. The van der Waals surface area contributed by atoms with Crippen LogP contribution in [0.2, 0.25) is 0 Å². The fraction of sp³-hybridized carbons (Fsp3) is 0.222. The second-order valence-electron chi connectivity index (χ2n) is 5.54. The lowest BCUT2D eigenvalue weighted by molar-refractivity contribution is -0.118. The molecule has 144 valence electrons. The van der Waals surface area contributed by atoms with Gasteiger partial charge in [-0.05, 0) is 55.9 Å². The van der Waals surface area contributed by atoms with Gasteiger partial charge in [0.05, 0.1) is 17.6 Å². The number of esters is 1. The molecule has 0 aliphatic carbocycles. The van der Waals surface area contributed by atoms with E-state index in [0.717, 1.165) is 0 Å². The Morgan fingerprint density at radius 1 is 1.07 bits per heavy atom. The number of nitrogens with one attached hydrogen (secondary N) is 2. The molecule has 8 nitrogen and oxygen atoms in total. The SMILES string of the molecule is CNS(=O)(=O)c1cc(NC(=O)COc2ccc(C(=O)OC)cc2)ccc1C. The largest absolute Gasteiger partial charge is 0.484 e. The minimum absolute atomic E-state index is 0.0853. The van der Waals surface area contributed by atoms with Gasteiger partial charge in [0, 0.05) is 5.69 Å². The number of amides is 1. The lowest BCUT2D eigenvalue weighted by Crippen LogP contribution is -2.22. The summed E-state index contributed by atoms with van der Waals surface area (Å²) >= 11 is 0. The third-order valence-electron chi connectivity index (χ3n) is 3.68. The maximum Gasteiger partial charge on any atom is 0.337 e. The van der Waals surface area contributed by atoms with Crippen LogP contribution >= 0.6 is 0 Å². The topological polar surface area (TPSA) is 111 Å². The summed E-state index contributed by atoms with van der Waals surface area (Å²) in [6.07, 6.45) is 0. The van der Waals surface area contributed by atoms with Crippen LogP contribution in [-0.4, -0.2) is 41.1 Å². The van der Waals surface area contributed by atoms with Crippen LogP contribution < -0.4 is 14.8 Å². The molecular formula is C18H20N2O6S. The minimum Gasteiger partial charge on any atom is -0.484 e. The Balaban J connectivity index is 2.00. The standard InChI is InChI=1S/C18H20N2O6S/c1-12-4-7-14(10-16(12)27(23,24)19-2)20-17(21)11-26-15-8-5-13(6-9-15)18(22)25-3/h4-10,19H,11H2,1-3H3,(H,20,21). The van der Waals surface area contributed by atoms with E-state index in [-0.39, 0.29) is 11.5 Å². The van der Waals surface area contributed by atoms with Crippen LogP contribution in [0.5, 0.6) is 5.75 Å². The van der Waals surface area contributed by atoms with Gasteiger partial charge in [0.25, 0.3) is 5.91 Å². The number of methoxy groups -OCH3 is 1. The Morgan fingerprint density at radius 2 is 1.74 bits per heavy atom. The van der Waals surface area contributed by atoms with Crippen molar-refractivity contribution in [2.24, 2.45) is 0 Å². The van der Waals surface area contributed by atoms with Crippen LogP contribution in [0.4, 0.5) is 5.69 Å². The van der Waals surface area contributed by atoms with Crippen LogP contribution in [0.1, 0.15) is 15.9 Å². The number of ether oxygens (including phenoxy) is 2. The maximum atomic E-state index is 12.0. The predicted octanol–water partition coefficient (Wildman–Crippen LogP) is 1.71. The number of aryl methyl sites for hydroxylation is 1. The Labute approximate surface area is 157 Å². The third kappa shape index (κ3) is 5.28. The van der Waals surface area contributed by atoms with E-state index in [9.17, 15) is 18.0 Å². The van der Waals surface area contributed by atoms with Crippen LogP contribution in [0.15, 0.2) is 47.4 Å². The predicted molar refractivity (Wildman–Crippen MR) is 99.3 cm³/mol. The fourth-order valence-corrected chi connectivity index (χ4v) is 3.22. The molecule has 0 fully saturated rings. The minimum atomic E-state index is -3.63. The van der Waals surface area contributed by atoms with E-state index in [2.05, 4.69) is 14.8 Å². The van der Waals surface area contributed by atoms with Crippen molar-refractivity contribution in [2.75, 3.05) is 26.1 Å². The van der Waals surface area contributed by atoms with Crippen LogP contribution in [0, 0.1) is 6.92 Å². The molecule has 0 atom stereocenters. The van der Waals surface area contributed by atoms with E-state index in [0.29, 0.717) is 22.6 Å². The summed E-state index contributed by atoms with van der Waals surface area (Å²) in [6.45, 7) is 1.39. The molecule has 1 amide bonds. The van der Waals surface area contributed by atoms with E-state index in [4.69, 9.17) is 4.74 Å². The van der Waals surface area contributed by atoms with Crippen LogP contribution in [-0.2, 0) is 19.6 Å². The number of rotatable bonds is 7. The molecule has 0 heterocycles. The van der Waals surface area contributed by atoms with E-state index < -0.39 is 21.9 Å². The number of hydrogen-bond acceptors (Lipinski definition) is 6. The highest BCUT2D eigenvalue weighted by atomic mass is 32.2. The number of carbonyl (C=O) groups is 2. The molecule has 2 N–H and O–H groups in total. The maximum absolute atomic E-state index is 12.0. The number of benzene rings is 2. The van der Waals surface area contributed by atoms with Gasteiger partial charge < -0.3 is 14.8 Å². The summed E-state index contributed by atoms with van der Waals surface area (Å²) < 4.78 is 36.2. The summed E-state index contributed by atoms with van der Waals surface area (Å²) in [5, 5.41) is 2.58. The number of anilines is 1. The highest BCUT2D eigenvalue weighted by Crippen LogP contribution is 2.20. The second-order valence-corrected chi connectivity index (χ2v) is 7.40. The molecule has 0 bridgehead atoms. The molecule has 0 unspecified atom stereocenters. The summed E-state index contributed by atoms with van der Waals surface area (Å²) in [7, 11) is -1.02. The first kappa shape index (κ1) is 20.4. The Bertz CT molecular complexity index is 939. The van der Waals surface area contributed by atoms with Crippen LogP contribution in [0.3, 0.4) is 0 Å². The lowest BCUT2D eigenvalue weighted by Gasteiger charge is -2.11. The molecular weight excluding hydrogens is 372 g/mol. The molecule has 0 spiro atoms. The van der Waals surface area contributed by atoms with Crippen molar-refractivity contribution in [1.82, 2.24) is 4.72 Å². The summed E-state index contributed by atoms with van der Waals surface area (Å²) in [4.78, 5) is 23.5. The van der Waals surface area contributed by atoms with Gasteiger partial charge in [0.1, 0.15) is 5.75 Å². The quantitative estimate of drug-likeness (QED) is 0.694. The highest BCUT2D eigenvalue weighted by Gasteiger charge is 2.16. The van der Waals surface area contributed by atoms with E-state index in [1.165, 1.54) is 32.4 Å². The average molecular weight is 392 g/mol. The van der Waals surface area contributed by atoms with Crippen molar-refractivity contribution in [3.8, 4) is 5.75 Å². The van der Waals surface area contributed by atoms with Crippen molar-refractivity contribution >= 4 is 27.6 Å². The average Bonchev–Trinajstić information content (AvgIpc) is 2.67. The van der Waals surface area contributed by atoms with Gasteiger partial charge in [-0.2, -0.15) is 0 Å². The monoisotopic (exact) mass is 392 g/mol. The zero-order chi connectivity index (χ0) is 20.0. The summed E-state index contributed by atoms with van der Waals surface area (Å²) in [5.41, 5.74) is 1.26. The molecule has 2 rings (SSSR count). The molecule has 0 radical (unpaired) electrons. The van der Waals surface area contributed by atoms with Crippen molar-refractivity contribution < 1.29 is 27.5 Å². The number of carbonyl (C=O) groups excluding carboxylic acids is 2. The fourth-order valence-electron chi connectivity index (χ4n) is 2.23. The van der Waals surface area contributed by atoms with Gasteiger partial charge >= 0.3 is 5.97 Å².